The number of hydrogen-bond donors (Lipinski definition) is 0. The highest BCUT2D eigenvalue weighted by atomic mass is 35.5. The minimum absolute atomic E-state index is 0.0875. The van der Waals surface area contributed by atoms with Crippen LogP contribution in [0.4, 0.5) is 5.69 Å². The molecular weight excluding hydrogens is 436 g/mol. The molecule has 0 amide bonds. The molecule has 0 radical (unpaired) electrons. The van der Waals surface area contributed by atoms with Crippen LogP contribution in [0.15, 0.2) is 71.2 Å². The van der Waals surface area contributed by atoms with E-state index in [4.69, 9.17) is 26.1 Å². The first kappa shape index (κ1) is 22.3. The van der Waals surface area contributed by atoms with E-state index < -0.39 is 4.87 Å². The number of alkyl halides is 1. The summed E-state index contributed by atoms with van der Waals surface area (Å²) in [7, 11) is 1.45. The molecule has 0 aromatic heterocycles. The highest BCUT2D eigenvalue weighted by molar-refractivity contribution is 6.39. The predicted molar refractivity (Wildman–Crippen MR) is 130 cm³/mol. The number of hydrogen-bond acceptors (Lipinski definition) is 5. The van der Waals surface area contributed by atoms with Crippen LogP contribution < -0.4 is 0 Å². The van der Waals surface area contributed by atoms with Gasteiger partial charge in [0.2, 0.25) is 0 Å². The number of piperidine rings is 2. The first-order chi connectivity index (χ1) is 16.1. The number of rotatable bonds is 6. The van der Waals surface area contributed by atoms with E-state index in [1.54, 1.807) is 0 Å². The standard InChI is InChI=1S/C27H29ClN2O3/c1-32-25(31)16-21-15-24-26-27(28,22-9-5-6-10-23(22)29-26)12-13-30(24)17-20(21)11-14-33-18-19-7-3-2-4-8-19/h2-11,21,24H,12-18H2,1H3/b20-11+/t21-,24+,27?/m1/s1. The lowest BCUT2D eigenvalue weighted by Gasteiger charge is -2.48. The SMILES string of the molecule is COC(=O)C[C@H]1C[C@H]2C3=Nc4ccccc4C3(Cl)CCN2C/C1=C\COCc1ccccc1. The van der Waals surface area contributed by atoms with Gasteiger partial charge in [0, 0.05) is 18.7 Å². The number of esters is 1. The Kier molecular flexibility index (Phi) is 6.37. The second-order valence-electron chi connectivity index (χ2n) is 9.04. The zero-order valence-corrected chi connectivity index (χ0v) is 19.6. The number of carbonyl (C=O) groups is 1. The lowest BCUT2D eigenvalue weighted by Crippen LogP contribution is -2.57. The van der Waals surface area contributed by atoms with Crippen LogP contribution in [0.1, 0.15) is 30.4 Å². The molecule has 3 atom stereocenters. The van der Waals surface area contributed by atoms with Crippen LogP contribution in [0.3, 0.4) is 0 Å². The molecule has 6 heteroatoms. The molecule has 1 unspecified atom stereocenters. The number of aliphatic imine (C=N–C) groups is 1. The topological polar surface area (TPSA) is 51.1 Å². The maximum atomic E-state index is 12.2. The summed E-state index contributed by atoms with van der Waals surface area (Å²) >= 11 is 7.22. The Balaban J connectivity index is 1.34. The summed E-state index contributed by atoms with van der Waals surface area (Å²) in [6, 6.07) is 18.5. The van der Waals surface area contributed by atoms with Crippen LogP contribution in [-0.4, -0.2) is 49.4 Å². The van der Waals surface area contributed by atoms with E-state index in [0.29, 0.717) is 19.6 Å². The molecule has 2 aromatic rings. The summed E-state index contributed by atoms with van der Waals surface area (Å²) in [5.74, 6) is -0.0985. The quantitative estimate of drug-likeness (QED) is 0.261. The molecule has 5 rings (SSSR count). The maximum absolute atomic E-state index is 12.2. The minimum atomic E-state index is -0.534. The first-order valence-corrected chi connectivity index (χ1v) is 11.9. The third-order valence-corrected chi connectivity index (χ3v) is 7.70. The number of fused-ring (bicyclic) bond motifs is 5. The minimum Gasteiger partial charge on any atom is -0.469 e. The highest BCUT2D eigenvalue weighted by Gasteiger charge is 2.51. The van der Waals surface area contributed by atoms with Gasteiger partial charge in [-0.1, -0.05) is 60.2 Å². The summed E-state index contributed by atoms with van der Waals surface area (Å²) in [5.41, 5.74) is 5.51. The zero-order chi connectivity index (χ0) is 22.8. The van der Waals surface area contributed by atoms with Crippen LogP contribution in [0.2, 0.25) is 0 Å². The highest BCUT2D eigenvalue weighted by Crippen LogP contribution is 2.51. The van der Waals surface area contributed by atoms with Crippen LogP contribution >= 0.6 is 11.6 Å². The molecule has 2 saturated heterocycles. The fraction of sp³-hybridized carbons (Fsp3) is 0.407. The summed E-state index contributed by atoms with van der Waals surface area (Å²) in [6.45, 7) is 2.78. The van der Waals surface area contributed by atoms with E-state index in [1.807, 2.05) is 36.4 Å². The largest absolute Gasteiger partial charge is 0.469 e. The van der Waals surface area contributed by atoms with Crippen LogP contribution in [0.25, 0.3) is 0 Å². The van der Waals surface area contributed by atoms with E-state index in [1.165, 1.54) is 12.7 Å². The van der Waals surface area contributed by atoms with Crippen molar-refractivity contribution >= 4 is 29.0 Å². The lowest BCUT2D eigenvalue weighted by molar-refractivity contribution is -0.141. The first-order valence-electron chi connectivity index (χ1n) is 11.6. The summed E-state index contributed by atoms with van der Waals surface area (Å²) in [4.78, 5) is 19.1. The monoisotopic (exact) mass is 464 g/mol. The average molecular weight is 465 g/mol. The van der Waals surface area contributed by atoms with E-state index in [-0.39, 0.29) is 17.9 Å². The van der Waals surface area contributed by atoms with Gasteiger partial charge in [0.05, 0.1) is 44.2 Å². The van der Waals surface area contributed by atoms with Gasteiger partial charge in [0.25, 0.3) is 0 Å². The molecule has 0 spiro atoms. The van der Waals surface area contributed by atoms with Crippen LogP contribution in [0, 0.1) is 5.92 Å². The second-order valence-corrected chi connectivity index (χ2v) is 9.69. The van der Waals surface area contributed by atoms with E-state index in [0.717, 1.165) is 48.5 Å². The summed E-state index contributed by atoms with van der Waals surface area (Å²) in [5, 5.41) is 0. The Hall–Kier alpha value is -2.47. The molecule has 5 nitrogen and oxygen atoms in total. The van der Waals surface area contributed by atoms with Gasteiger partial charge in [-0.3, -0.25) is 14.7 Å². The molecule has 3 aliphatic rings. The third kappa shape index (κ3) is 4.37. The normalized spacial score (nSPS) is 27.5. The van der Waals surface area contributed by atoms with Crippen molar-refractivity contribution in [3.63, 3.8) is 0 Å². The van der Waals surface area contributed by atoms with E-state index in [9.17, 15) is 4.79 Å². The number of nitrogens with zero attached hydrogens (tertiary/aromatic N) is 2. The number of para-hydroxylation sites is 1. The Labute approximate surface area is 200 Å². The van der Waals surface area contributed by atoms with Crippen molar-refractivity contribution < 1.29 is 14.3 Å². The number of carbonyl (C=O) groups excluding carboxylic acids is 1. The molecule has 3 heterocycles. The molecule has 33 heavy (non-hydrogen) atoms. The number of benzene rings is 2. The van der Waals surface area contributed by atoms with Crippen molar-refractivity contribution in [2.75, 3.05) is 26.8 Å². The third-order valence-electron chi connectivity index (χ3n) is 7.11. The Bertz CT molecular complexity index is 1080. The van der Waals surface area contributed by atoms with Gasteiger partial charge in [-0.25, -0.2) is 0 Å². The lowest BCUT2D eigenvalue weighted by atomic mass is 9.75. The second kappa shape index (κ2) is 9.41. The number of ether oxygens (including phenoxy) is 2. The molecule has 0 bridgehead atoms. The van der Waals surface area contributed by atoms with Crippen molar-refractivity contribution in [2.45, 2.75) is 36.8 Å². The van der Waals surface area contributed by atoms with Crippen molar-refractivity contribution in [1.82, 2.24) is 4.90 Å². The van der Waals surface area contributed by atoms with Gasteiger partial charge >= 0.3 is 5.97 Å². The summed E-state index contributed by atoms with van der Waals surface area (Å²) in [6.07, 6.45) is 4.16. The zero-order valence-electron chi connectivity index (χ0n) is 18.9. The van der Waals surface area contributed by atoms with Crippen molar-refractivity contribution in [2.24, 2.45) is 10.9 Å². The fourth-order valence-corrected chi connectivity index (χ4v) is 5.78. The van der Waals surface area contributed by atoms with Crippen molar-refractivity contribution in [3.8, 4) is 0 Å². The molecule has 2 aromatic carbocycles. The Morgan fingerprint density at radius 3 is 2.82 bits per heavy atom. The fourth-order valence-electron chi connectivity index (χ4n) is 5.37. The molecule has 3 aliphatic heterocycles. The van der Waals surface area contributed by atoms with Gasteiger partial charge < -0.3 is 9.47 Å². The average Bonchev–Trinajstić information content (AvgIpc) is 3.15. The van der Waals surface area contributed by atoms with Gasteiger partial charge in [-0.05, 0) is 30.4 Å². The van der Waals surface area contributed by atoms with Crippen LogP contribution in [-0.2, 0) is 25.7 Å². The van der Waals surface area contributed by atoms with Gasteiger partial charge in [0.15, 0.2) is 0 Å². The number of halogens is 1. The summed E-state index contributed by atoms with van der Waals surface area (Å²) < 4.78 is 10.9. The van der Waals surface area contributed by atoms with Gasteiger partial charge in [-0.15, -0.1) is 11.6 Å². The van der Waals surface area contributed by atoms with E-state index in [2.05, 4.69) is 29.2 Å². The van der Waals surface area contributed by atoms with Crippen molar-refractivity contribution in [3.05, 3.63) is 77.4 Å². The van der Waals surface area contributed by atoms with Gasteiger partial charge in [0.1, 0.15) is 4.87 Å². The Morgan fingerprint density at radius 2 is 2.00 bits per heavy atom. The molecule has 2 fully saturated rings. The molecule has 172 valence electrons. The molecule has 0 saturated carbocycles. The number of methoxy groups -OCH3 is 1. The molecular formula is C27H29ClN2O3. The smallest absolute Gasteiger partial charge is 0.306 e. The molecule has 0 aliphatic carbocycles. The molecule has 0 N–H and O–H groups in total. The predicted octanol–water partition coefficient (Wildman–Crippen LogP) is 5.01. The maximum Gasteiger partial charge on any atom is 0.306 e. The van der Waals surface area contributed by atoms with E-state index >= 15 is 0 Å². The Morgan fingerprint density at radius 1 is 1.21 bits per heavy atom. The van der Waals surface area contributed by atoms with Gasteiger partial charge in [-0.2, -0.15) is 0 Å². The van der Waals surface area contributed by atoms with Crippen molar-refractivity contribution in [1.29, 1.82) is 0 Å². The van der Waals surface area contributed by atoms with Crippen LogP contribution in [0.5, 0.6) is 0 Å².